The Balaban J connectivity index is 1.42. The second-order valence-corrected chi connectivity index (χ2v) is 8.95. The van der Waals surface area contributed by atoms with Crippen molar-refractivity contribution in [2.24, 2.45) is 5.92 Å². The van der Waals surface area contributed by atoms with Crippen LogP contribution in [-0.2, 0) is 0 Å². The van der Waals surface area contributed by atoms with E-state index < -0.39 is 4.92 Å². The van der Waals surface area contributed by atoms with Crippen LogP contribution in [0.3, 0.4) is 0 Å². The van der Waals surface area contributed by atoms with Gasteiger partial charge >= 0.3 is 0 Å². The van der Waals surface area contributed by atoms with Crippen LogP contribution in [0.4, 0.5) is 17.1 Å². The smallest absolute Gasteiger partial charge is 0.269 e. The second-order valence-electron chi connectivity index (χ2n) is 8.95. The van der Waals surface area contributed by atoms with E-state index in [2.05, 4.69) is 15.9 Å². The summed E-state index contributed by atoms with van der Waals surface area (Å²) < 4.78 is 0. The molecule has 1 amide bonds. The average molecular weight is 437 g/mol. The maximum Gasteiger partial charge on any atom is 0.269 e. The van der Waals surface area contributed by atoms with E-state index in [1.54, 1.807) is 11.9 Å². The molecule has 1 saturated carbocycles. The van der Waals surface area contributed by atoms with Crippen LogP contribution >= 0.6 is 0 Å². The van der Waals surface area contributed by atoms with Crippen molar-refractivity contribution < 1.29 is 9.72 Å². The van der Waals surface area contributed by atoms with Crippen molar-refractivity contribution in [3.05, 3.63) is 64.2 Å². The molecule has 2 aromatic rings. The molecule has 0 unspecified atom stereocenters. The van der Waals surface area contributed by atoms with Crippen molar-refractivity contribution >= 4 is 23.0 Å². The van der Waals surface area contributed by atoms with E-state index >= 15 is 0 Å². The van der Waals surface area contributed by atoms with Gasteiger partial charge in [-0.25, -0.2) is 0 Å². The number of piperazine rings is 1. The molecule has 4 rings (SSSR count). The number of amides is 1. The van der Waals surface area contributed by atoms with Gasteiger partial charge in [0.05, 0.1) is 16.3 Å². The van der Waals surface area contributed by atoms with E-state index in [0.717, 1.165) is 43.5 Å². The monoisotopic (exact) mass is 436 g/mol. The molecule has 0 radical (unpaired) electrons. The van der Waals surface area contributed by atoms with Gasteiger partial charge in [-0.15, -0.1) is 0 Å². The van der Waals surface area contributed by atoms with Gasteiger partial charge in [-0.3, -0.25) is 19.8 Å². The van der Waals surface area contributed by atoms with E-state index in [1.807, 2.05) is 18.2 Å². The molecular weight excluding hydrogens is 404 g/mol. The number of benzene rings is 2. The molecule has 0 spiro atoms. The van der Waals surface area contributed by atoms with Gasteiger partial charge in [0, 0.05) is 57.5 Å². The van der Waals surface area contributed by atoms with Crippen molar-refractivity contribution in [1.82, 2.24) is 4.90 Å². The van der Waals surface area contributed by atoms with Gasteiger partial charge in [0.1, 0.15) is 0 Å². The van der Waals surface area contributed by atoms with Crippen LogP contribution in [0.2, 0.25) is 0 Å². The second kappa shape index (κ2) is 10.1. The molecule has 1 aliphatic heterocycles. The standard InChI is InChI=1S/C25H32N4O3/c1-26(25(30)21-11-13-22(14-12-21)29(31)32)23-9-5-6-10-24(23)28-17-15-27(16-18-28)19-20-7-3-2-4-8-20/h5-6,9-14,20H,2-4,7-8,15-19H2,1H3. The molecule has 2 aromatic carbocycles. The molecule has 170 valence electrons. The number of para-hydroxylation sites is 2. The van der Waals surface area contributed by atoms with Gasteiger partial charge in [-0.1, -0.05) is 31.4 Å². The van der Waals surface area contributed by atoms with Crippen LogP contribution in [0.15, 0.2) is 48.5 Å². The highest BCUT2D eigenvalue weighted by Crippen LogP contribution is 2.31. The third kappa shape index (κ3) is 5.10. The first kappa shape index (κ1) is 22.3. The number of carbonyl (C=O) groups is 1. The number of non-ortho nitro benzene ring substituents is 1. The zero-order valence-corrected chi connectivity index (χ0v) is 18.8. The quantitative estimate of drug-likeness (QED) is 0.490. The predicted molar refractivity (Wildman–Crippen MR) is 127 cm³/mol. The normalized spacial score (nSPS) is 17.8. The fraction of sp³-hybridized carbons (Fsp3) is 0.480. The lowest BCUT2D eigenvalue weighted by molar-refractivity contribution is -0.384. The lowest BCUT2D eigenvalue weighted by Gasteiger charge is -2.39. The summed E-state index contributed by atoms with van der Waals surface area (Å²) >= 11 is 0. The number of hydrogen-bond acceptors (Lipinski definition) is 5. The molecule has 7 nitrogen and oxygen atoms in total. The van der Waals surface area contributed by atoms with E-state index in [0.29, 0.717) is 5.56 Å². The number of nitro benzene ring substituents is 1. The summed E-state index contributed by atoms with van der Waals surface area (Å²) in [6.45, 7) is 5.20. The highest BCUT2D eigenvalue weighted by molar-refractivity contribution is 6.07. The maximum atomic E-state index is 13.1. The zero-order valence-electron chi connectivity index (χ0n) is 18.8. The van der Waals surface area contributed by atoms with E-state index in [-0.39, 0.29) is 11.6 Å². The minimum atomic E-state index is -0.457. The summed E-state index contributed by atoms with van der Waals surface area (Å²) in [5, 5.41) is 10.9. The Morgan fingerprint density at radius 1 is 1.00 bits per heavy atom. The summed E-state index contributed by atoms with van der Waals surface area (Å²) in [6, 6.07) is 13.8. The molecule has 1 saturated heterocycles. The van der Waals surface area contributed by atoms with Crippen molar-refractivity contribution in [3.8, 4) is 0 Å². The molecule has 0 bridgehead atoms. The van der Waals surface area contributed by atoms with Gasteiger partial charge in [0.2, 0.25) is 0 Å². The third-order valence-corrected chi connectivity index (χ3v) is 6.83. The minimum absolute atomic E-state index is 0.0179. The van der Waals surface area contributed by atoms with E-state index in [9.17, 15) is 14.9 Å². The Bertz CT molecular complexity index is 932. The molecule has 32 heavy (non-hydrogen) atoms. The number of carbonyl (C=O) groups excluding carboxylic acids is 1. The molecule has 0 atom stereocenters. The third-order valence-electron chi connectivity index (χ3n) is 6.83. The molecule has 0 N–H and O–H groups in total. The summed E-state index contributed by atoms with van der Waals surface area (Å²) in [5.74, 6) is 0.677. The highest BCUT2D eigenvalue weighted by Gasteiger charge is 2.25. The molecule has 2 fully saturated rings. The summed E-state index contributed by atoms with van der Waals surface area (Å²) in [4.78, 5) is 30.1. The number of nitrogens with zero attached hydrogens (tertiary/aromatic N) is 4. The van der Waals surface area contributed by atoms with Crippen molar-refractivity contribution in [2.45, 2.75) is 32.1 Å². The van der Waals surface area contributed by atoms with Gasteiger partial charge in [-0.05, 0) is 43.0 Å². The number of nitro groups is 1. The van der Waals surface area contributed by atoms with Gasteiger partial charge < -0.3 is 9.80 Å². The topological polar surface area (TPSA) is 69.9 Å². The first-order chi connectivity index (χ1) is 15.5. The number of hydrogen-bond donors (Lipinski definition) is 0. The Morgan fingerprint density at radius 2 is 1.66 bits per heavy atom. The van der Waals surface area contributed by atoms with Crippen LogP contribution in [-0.4, -0.2) is 55.5 Å². The summed E-state index contributed by atoms with van der Waals surface area (Å²) in [6.07, 6.45) is 6.91. The highest BCUT2D eigenvalue weighted by atomic mass is 16.6. The predicted octanol–water partition coefficient (Wildman–Crippen LogP) is 4.57. The largest absolute Gasteiger partial charge is 0.367 e. The Hall–Kier alpha value is -2.93. The maximum absolute atomic E-state index is 13.1. The van der Waals surface area contributed by atoms with Crippen molar-refractivity contribution in [2.75, 3.05) is 49.6 Å². The van der Waals surface area contributed by atoms with Crippen LogP contribution < -0.4 is 9.80 Å². The van der Waals surface area contributed by atoms with Crippen LogP contribution in [0.25, 0.3) is 0 Å². The van der Waals surface area contributed by atoms with Gasteiger partial charge in [0.25, 0.3) is 11.6 Å². The van der Waals surface area contributed by atoms with Crippen LogP contribution in [0, 0.1) is 16.0 Å². The van der Waals surface area contributed by atoms with Gasteiger partial charge in [0.15, 0.2) is 0 Å². The van der Waals surface area contributed by atoms with Crippen LogP contribution in [0.5, 0.6) is 0 Å². The first-order valence-corrected chi connectivity index (χ1v) is 11.6. The average Bonchev–Trinajstić information content (AvgIpc) is 2.84. The Labute approximate surface area is 189 Å². The molecule has 7 heteroatoms. The van der Waals surface area contributed by atoms with Crippen molar-refractivity contribution in [3.63, 3.8) is 0 Å². The minimum Gasteiger partial charge on any atom is -0.367 e. The molecule has 0 aromatic heterocycles. The van der Waals surface area contributed by atoms with E-state index in [1.165, 1.54) is 62.9 Å². The molecule has 2 aliphatic rings. The summed E-state index contributed by atoms with van der Waals surface area (Å²) in [5.41, 5.74) is 2.33. The first-order valence-electron chi connectivity index (χ1n) is 11.6. The molecular formula is C25H32N4O3. The van der Waals surface area contributed by atoms with Gasteiger partial charge in [-0.2, -0.15) is 0 Å². The van der Waals surface area contributed by atoms with E-state index in [4.69, 9.17) is 0 Å². The Kier molecular flexibility index (Phi) is 7.05. The zero-order chi connectivity index (χ0) is 22.5. The van der Waals surface area contributed by atoms with Crippen LogP contribution in [0.1, 0.15) is 42.5 Å². The molecule has 1 heterocycles. The van der Waals surface area contributed by atoms with Crippen molar-refractivity contribution in [1.29, 1.82) is 0 Å². The number of rotatable bonds is 6. The lowest BCUT2D eigenvalue weighted by Crippen LogP contribution is -2.48. The number of anilines is 2. The molecule has 1 aliphatic carbocycles. The fourth-order valence-electron chi connectivity index (χ4n) is 4.95. The Morgan fingerprint density at radius 3 is 2.31 bits per heavy atom. The summed E-state index contributed by atoms with van der Waals surface area (Å²) in [7, 11) is 1.77. The fourth-order valence-corrected chi connectivity index (χ4v) is 4.95. The lowest BCUT2D eigenvalue weighted by atomic mass is 9.89. The SMILES string of the molecule is CN(C(=O)c1ccc([N+](=O)[O-])cc1)c1ccccc1N1CCN(CC2CCCCC2)CC1.